The van der Waals surface area contributed by atoms with Crippen molar-refractivity contribution in [1.29, 1.82) is 0 Å². The summed E-state index contributed by atoms with van der Waals surface area (Å²) in [4.78, 5) is 10.6. The number of amides is 1. The molecule has 2 nitrogen and oxygen atoms in total. The van der Waals surface area contributed by atoms with E-state index in [1.165, 1.54) is 6.92 Å². The Bertz CT molecular complexity index is 165. The SMILES string of the molecule is C=CC(F)NC(=O)C(=C)C. The van der Waals surface area contributed by atoms with E-state index in [-0.39, 0.29) is 5.57 Å². The second-order valence-corrected chi connectivity index (χ2v) is 1.89. The smallest absolute Gasteiger partial charge is 0.248 e. The third-order valence-corrected chi connectivity index (χ3v) is 0.864. The van der Waals surface area contributed by atoms with Crippen LogP contribution in [0, 0.1) is 0 Å². The van der Waals surface area contributed by atoms with Crippen LogP contribution >= 0.6 is 0 Å². The van der Waals surface area contributed by atoms with Crippen molar-refractivity contribution in [2.75, 3.05) is 0 Å². The van der Waals surface area contributed by atoms with E-state index in [1.54, 1.807) is 0 Å². The first-order valence-electron chi connectivity index (χ1n) is 2.81. The number of alkyl halides is 1. The van der Waals surface area contributed by atoms with E-state index in [4.69, 9.17) is 0 Å². The van der Waals surface area contributed by atoms with Crippen molar-refractivity contribution in [2.24, 2.45) is 0 Å². The van der Waals surface area contributed by atoms with E-state index in [9.17, 15) is 9.18 Å². The maximum atomic E-state index is 12.3. The fraction of sp³-hybridized carbons (Fsp3) is 0.286. The van der Waals surface area contributed by atoms with E-state index < -0.39 is 12.2 Å². The molecule has 0 aliphatic rings. The molecule has 1 N–H and O–H groups in total. The zero-order valence-electron chi connectivity index (χ0n) is 5.86. The van der Waals surface area contributed by atoms with Crippen molar-refractivity contribution < 1.29 is 9.18 Å². The first-order valence-corrected chi connectivity index (χ1v) is 2.81. The van der Waals surface area contributed by atoms with Gasteiger partial charge in [-0.2, -0.15) is 0 Å². The van der Waals surface area contributed by atoms with Crippen LogP contribution in [0.5, 0.6) is 0 Å². The second-order valence-electron chi connectivity index (χ2n) is 1.89. The minimum Gasteiger partial charge on any atom is -0.319 e. The number of carbonyl (C=O) groups excluding carboxylic acids is 1. The molecule has 0 aromatic heterocycles. The fourth-order valence-corrected chi connectivity index (χ4v) is 0.307. The Morgan fingerprint density at radius 2 is 2.30 bits per heavy atom. The van der Waals surface area contributed by atoms with Gasteiger partial charge in [-0.15, -0.1) is 0 Å². The van der Waals surface area contributed by atoms with Crippen molar-refractivity contribution in [3.63, 3.8) is 0 Å². The van der Waals surface area contributed by atoms with Crippen molar-refractivity contribution >= 4 is 5.91 Å². The molecule has 0 aliphatic heterocycles. The molecular formula is C7H10FNO. The fourth-order valence-electron chi connectivity index (χ4n) is 0.307. The monoisotopic (exact) mass is 143 g/mol. The number of hydrogen-bond donors (Lipinski definition) is 1. The average molecular weight is 143 g/mol. The van der Waals surface area contributed by atoms with Gasteiger partial charge in [-0.05, 0) is 13.0 Å². The van der Waals surface area contributed by atoms with E-state index in [1.807, 2.05) is 5.32 Å². The normalized spacial score (nSPS) is 11.8. The predicted octanol–water partition coefficient (Wildman–Crippen LogP) is 1.16. The third kappa shape index (κ3) is 3.02. The molecule has 0 radical (unpaired) electrons. The van der Waals surface area contributed by atoms with Gasteiger partial charge in [0.25, 0.3) is 0 Å². The zero-order chi connectivity index (χ0) is 8.15. The molecule has 1 amide bonds. The Morgan fingerprint density at radius 3 is 2.60 bits per heavy atom. The maximum absolute atomic E-state index is 12.3. The molecular weight excluding hydrogens is 133 g/mol. The largest absolute Gasteiger partial charge is 0.319 e. The molecule has 0 aliphatic carbocycles. The molecule has 0 aromatic rings. The van der Waals surface area contributed by atoms with Crippen LogP contribution in [0.3, 0.4) is 0 Å². The molecule has 10 heavy (non-hydrogen) atoms. The molecule has 0 aromatic carbocycles. The summed E-state index contributed by atoms with van der Waals surface area (Å²) < 4.78 is 12.3. The first kappa shape index (κ1) is 8.88. The summed E-state index contributed by atoms with van der Waals surface area (Å²) >= 11 is 0. The average Bonchev–Trinajstić information content (AvgIpc) is 1.87. The van der Waals surface area contributed by atoms with Crippen LogP contribution in [0.4, 0.5) is 4.39 Å². The highest BCUT2D eigenvalue weighted by Gasteiger charge is 2.05. The molecule has 0 spiro atoms. The van der Waals surface area contributed by atoms with Gasteiger partial charge >= 0.3 is 0 Å². The number of nitrogens with one attached hydrogen (secondary N) is 1. The maximum Gasteiger partial charge on any atom is 0.248 e. The van der Waals surface area contributed by atoms with Gasteiger partial charge in [0.15, 0.2) is 6.30 Å². The van der Waals surface area contributed by atoms with Gasteiger partial charge in [0.2, 0.25) is 5.91 Å². The van der Waals surface area contributed by atoms with Crippen LogP contribution in [-0.2, 0) is 4.79 Å². The first-order chi connectivity index (χ1) is 4.57. The molecule has 0 rings (SSSR count). The molecule has 0 bridgehead atoms. The number of carbonyl (C=O) groups is 1. The summed E-state index contributed by atoms with van der Waals surface area (Å²) in [6.45, 7) is 7.99. The van der Waals surface area contributed by atoms with E-state index in [0.29, 0.717) is 0 Å². The highest BCUT2D eigenvalue weighted by atomic mass is 19.1. The van der Waals surface area contributed by atoms with Crippen LogP contribution in [0.1, 0.15) is 6.92 Å². The van der Waals surface area contributed by atoms with Crippen molar-refractivity contribution in [1.82, 2.24) is 5.32 Å². The Morgan fingerprint density at radius 1 is 1.80 bits per heavy atom. The van der Waals surface area contributed by atoms with Crippen molar-refractivity contribution in [3.8, 4) is 0 Å². The van der Waals surface area contributed by atoms with Gasteiger partial charge in [0, 0.05) is 5.57 Å². The molecule has 1 unspecified atom stereocenters. The van der Waals surface area contributed by atoms with Crippen LogP contribution < -0.4 is 5.32 Å². The third-order valence-electron chi connectivity index (χ3n) is 0.864. The minimum absolute atomic E-state index is 0.282. The highest BCUT2D eigenvalue weighted by molar-refractivity contribution is 5.92. The summed E-state index contributed by atoms with van der Waals surface area (Å²) in [5.41, 5.74) is 0.282. The number of hydrogen-bond acceptors (Lipinski definition) is 1. The summed E-state index contributed by atoms with van der Waals surface area (Å²) in [6.07, 6.45) is -0.481. The van der Waals surface area contributed by atoms with Gasteiger partial charge < -0.3 is 5.32 Å². The molecule has 3 heteroatoms. The molecule has 56 valence electrons. The topological polar surface area (TPSA) is 29.1 Å². The number of rotatable bonds is 3. The van der Waals surface area contributed by atoms with Gasteiger partial charge in [-0.25, -0.2) is 4.39 Å². The predicted molar refractivity (Wildman–Crippen MR) is 38.0 cm³/mol. The van der Waals surface area contributed by atoms with Crippen LogP contribution in [0.25, 0.3) is 0 Å². The lowest BCUT2D eigenvalue weighted by atomic mass is 10.3. The summed E-state index contributed by atoms with van der Waals surface area (Å²) in [5, 5.41) is 2.01. The van der Waals surface area contributed by atoms with Crippen LogP contribution in [-0.4, -0.2) is 12.2 Å². The Labute approximate surface area is 59.4 Å². The van der Waals surface area contributed by atoms with Gasteiger partial charge in [-0.3, -0.25) is 4.79 Å². The second kappa shape index (κ2) is 3.82. The van der Waals surface area contributed by atoms with E-state index >= 15 is 0 Å². The molecule has 0 saturated heterocycles. The van der Waals surface area contributed by atoms with Gasteiger partial charge in [0.05, 0.1) is 0 Å². The Hall–Kier alpha value is -1.12. The zero-order valence-corrected chi connectivity index (χ0v) is 5.86. The summed E-state index contributed by atoms with van der Waals surface area (Å²) in [6, 6.07) is 0. The summed E-state index contributed by atoms with van der Waals surface area (Å²) in [7, 11) is 0. The van der Waals surface area contributed by atoms with Crippen LogP contribution in [0.2, 0.25) is 0 Å². The quantitative estimate of drug-likeness (QED) is 0.358. The van der Waals surface area contributed by atoms with Gasteiger partial charge in [0.1, 0.15) is 0 Å². The minimum atomic E-state index is -1.48. The molecule has 0 fully saturated rings. The highest BCUT2D eigenvalue weighted by Crippen LogP contribution is 1.90. The molecule has 0 saturated carbocycles. The standard InChI is InChI=1S/C7H10FNO/c1-4-6(8)9-7(10)5(2)3/h4,6H,1-2H2,3H3,(H,9,10). The molecule has 1 atom stereocenters. The lowest BCUT2D eigenvalue weighted by Crippen LogP contribution is -2.30. The van der Waals surface area contributed by atoms with Crippen molar-refractivity contribution in [3.05, 3.63) is 24.8 Å². The van der Waals surface area contributed by atoms with Gasteiger partial charge in [-0.1, -0.05) is 13.2 Å². The lowest BCUT2D eigenvalue weighted by Gasteiger charge is -2.04. The molecule has 0 heterocycles. The summed E-state index contributed by atoms with van der Waals surface area (Å²) in [5.74, 6) is -0.493. The lowest BCUT2D eigenvalue weighted by molar-refractivity contribution is -0.118. The van der Waals surface area contributed by atoms with E-state index in [2.05, 4.69) is 13.2 Å². The van der Waals surface area contributed by atoms with Crippen LogP contribution in [0.15, 0.2) is 24.8 Å². The van der Waals surface area contributed by atoms with E-state index in [0.717, 1.165) is 6.08 Å². The Balaban J connectivity index is 3.79. The number of halogens is 1. The Kier molecular flexibility index (Phi) is 3.39. The van der Waals surface area contributed by atoms with Crippen molar-refractivity contribution in [2.45, 2.75) is 13.2 Å².